The number of rotatable bonds is 2. The van der Waals surface area contributed by atoms with Crippen molar-refractivity contribution in [3.63, 3.8) is 0 Å². The zero-order chi connectivity index (χ0) is 32.5. The number of hydrogen-bond acceptors (Lipinski definition) is 4. The Hall–Kier alpha value is -6.92. The van der Waals surface area contributed by atoms with Crippen molar-refractivity contribution in [2.24, 2.45) is 0 Å². The molecule has 0 radical (unpaired) electrons. The third-order valence-electron chi connectivity index (χ3n) is 10.3. The summed E-state index contributed by atoms with van der Waals surface area (Å²) in [6.07, 6.45) is 0. The van der Waals surface area contributed by atoms with Crippen LogP contribution in [-0.2, 0) is 0 Å². The second-order valence-corrected chi connectivity index (χ2v) is 13.0. The molecule has 0 bridgehead atoms. The van der Waals surface area contributed by atoms with Gasteiger partial charge in [-0.2, -0.15) is 0 Å². The first kappa shape index (κ1) is 26.1. The fourth-order valence-electron chi connectivity index (χ4n) is 8.22. The maximum absolute atomic E-state index is 6.41. The normalized spacial score (nSPS) is 12.6. The minimum absolute atomic E-state index is 0.615. The number of hydrogen-bond donors (Lipinski definition) is 0. The van der Waals surface area contributed by atoms with Gasteiger partial charge in [-0.25, -0.2) is 9.97 Å². The van der Waals surface area contributed by atoms with E-state index in [0.717, 1.165) is 99.5 Å². The van der Waals surface area contributed by atoms with Crippen molar-refractivity contribution in [3.05, 3.63) is 146 Å². The standard InChI is InChI=1S/C44H24N4O2/c1-5-15-34-26(10-1)30-22-23-31-27-11-2-6-16-35(27)48(44-45-33-14-9-19-38-40(33)41(46-44)32-13-4-8-18-37(32)49-38)43(31)42(30)47(34)25-20-21-29-28-12-3-7-17-36(28)50-39(29)24-25/h1-24H. The zero-order valence-electron chi connectivity index (χ0n) is 26.5. The molecule has 5 heterocycles. The minimum atomic E-state index is 0.615. The number of nitrogens with zero attached hydrogens (tertiary/aromatic N) is 4. The largest absolute Gasteiger partial charge is 0.456 e. The van der Waals surface area contributed by atoms with Crippen LogP contribution in [-0.4, -0.2) is 19.1 Å². The van der Waals surface area contributed by atoms with E-state index in [-0.39, 0.29) is 0 Å². The molecule has 232 valence electrons. The van der Waals surface area contributed by atoms with Crippen molar-refractivity contribution in [2.45, 2.75) is 0 Å². The highest BCUT2D eigenvalue weighted by Gasteiger charge is 2.26. The summed E-state index contributed by atoms with van der Waals surface area (Å²) in [7, 11) is 0. The second-order valence-electron chi connectivity index (χ2n) is 13.0. The highest BCUT2D eigenvalue weighted by molar-refractivity contribution is 6.24. The number of ether oxygens (including phenoxy) is 1. The molecule has 0 amide bonds. The lowest BCUT2D eigenvalue weighted by molar-refractivity contribution is 0.486. The molecule has 0 aliphatic carbocycles. The van der Waals surface area contributed by atoms with Gasteiger partial charge in [-0.1, -0.05) is 84.9 Å². The van der Waals surface area contributed by atoms with E-state index in [2.05, 4.69) is 106 Å². The number of benzene rings is 7. The molecule has 0 atom stereocenters. The van der Waals surface area contributed by atoms with Crippen LogP contribution in [0.4, 0.5) is 0 Å². The van der Waals surface area contributed by atoms with Crippen molar-refractivity contribution < 1.29 is 9.15 Å². The van der Waals surface area contributed by atoms with Crippen molar-refractivity contribution in [1.82, 2.24) is 19.1 Å². The zero-order valence-corrected chi connectivity index (χ0v) is 26.5. The Morgan fingerprint density at radius 2 is 1.10 bits per heavy atom. The highest BCUT2D eigenvalue weighted by Crippen LogP contribution is 2.46. The van der Waals surface area contributed by atoms with Crippen LogP contribution in [0.15, 0.2) is 150 Å². The van der Waals surface area contributed by atoms with Gasteiger partial charge in [0.25, 0.3) is 0 Å². The molecule has 0 fully saturated rings. The maximum Gasteiger partial charge on any atom is 0.235 e. The summed E-state index contributed by atoms with van der Waals surface area (Å²) in [5, 5.41) is 7.76. The average molecular weight is 641 g/mol. The Balaban J connectivity index is 1.25. The van der Waals surface area contributed by atoms with Gasteiger partial charge in [-0.15, -0.1) is 0 Å². The lowest BCUT2D eigenvalue weighted by Crippen LogP contribution is -2.07. The Morgan fingerprint density at radius 3 is 1.94 bits per heavy atom. The molecule has 0 unspecified atom stereocenters. The molecule has 7 aromatic carbocycles. The number of furan rings is 1. The topological polar surface area (TPSA) is 58.0 Å². The molecule has 1 aliphatic rings. The molecule has 0 saturated carbocycles. The summed E-state index contributed by atoms with van der Waals surface area (Å²) < 4.78 is 17.4. The van der Waals surface area contributed by atoms with Crippen molar-refractivity contribution >= 4 is 76.5 Å². The Morgan fingerprint density at radius 1 is 0.460 bits per heavy atom. The van der Waals surface area contributed by atoms with E-state index in [4.69, 9.17) is 19.1 Å². The van der Waals surface area contributed by atoms with Crippen LogP contribution in [0.25, 0.3) is 99.3 Å². The van der Waals surface area contributed by atoms with Crippen LogP contribution in [0.1, 0.15) is 0 Å². The van der Waals surface area contributed by atoms with E-state index >= 15 is 0 Å². The maximum atomic E-state index is 6.41. The molecule has 6 heteroatoms. The number of aromatic nitrogens is 4. The third kappa shape index (κ3) is 3.32. The van der Waals surface area contributed by atoms with E-state index in [1.807, 2.05) is 48.5 Å². The van der Waals surface area contributed by atoms with Gasteiger partial charge in [0, 0.05) is 43.9 Å². The van der Waals surface area contributed by atoms with Crippen LogP contribution in [0, 0.1) is 0 Å². The Bertz CT molecular complexity index is 3250. The summed E-state index contributed by atoms with van der Waals surface area (Å²) in [5.74, 6) is 2.18. The summed E-state index contributed by atoms with van der Waals surface area (Å²) in [6, 6.07) is 50.6. The lowest BCUT2D eigenvalue weighted by Gasteiger charge is -2.21. The van der Waals surface area contributed by atoms with Gasteiger partial charge in [0.15, 0.2) is 0 Å². The van der Waals surface area contributed by atoms with Gasteiger partial charge >= 0.3 is 0 Å². The monoisotopic (exact) mass is 640 g/mol. The van der Waals surface area contributed by atoms with Gasteiger partial charge in [0.05, 0.1) is 44.4 Å². The Labute approximate surface area is 284 Å². The summed E-state index contributed by atoms with van der Waals surface area (Å²) in [6.45, 7) is 0. The molecular weight excluding hydrogens is 617 g/mol. The van der Waals surface area contributed by atoms with Crippen molar-refractivity contribution in [2.75, 3.05) is 0 Å². The van der Waals surface area contributed by atoms with Crippen LogP contribution in [0.5, 0.6) is 11.5 Å². The van der Waals surface area contributed by atoms with Gasteiger partial charge < -0.3 is 13.7 Å². The van der Waals surface area contributed by atoms with E-state index in [9.17, 15) is 0 Å². The van der Waals surface area contributed by atoms with E-state index in [0.29, 0.717) is 5.95 Å². The molecule has 1 aliphatic heterocycles. The van der Waals surface area contributed by atoms with Gasteiger partial charge in [-0.3, -0.25) is 4.57 Å². The Kier molecular flexibility index (Phi) is 4.89. The predicted octanol–water partition coefficient (Wildman–Crippen LogP) is 11.5. The third-order valence-corrected chi connectivity index (χ3v) is 10.3. The summed E-state index contributed by atoms with van der Waals surface area (Å²) in [5.41, 5.74) is 9.74. The molecule has 4 aromatic heterocycles. The van der Waals surface area contributed by atoms with Crippen LogP contribution >= 0.6 is 0 Å². The summed E-state index contributed by atoms with van der Waals surface area (Å²) >= 11 is 0. The van der Waals surface area contributed by atoms with Crippen LogP contribution in [0.2, 0.25) is 0 Å². The lowest BCUT2D eigenvalue weighted by atomic mass is 10.0. The smallest absolute Gasteiger partial charge is 0.235 e. The molecule has 0 N–H and O–H groups in total. The van der Waals surface area contributed by atoms with Gasteiger partial charge in [0.1, 0.15) is 22.7 Å². The second kappa shape index (κ2) is 9.36. The molecular formula is C44H24N4O2. The molecule has 6 nitrogen and oxygen atoms in total. The number of fused-ring (bicyclic) bond motifs is 12. The fraction of sp³-hybridized carbons (Fsp3) is 0. The fourth-order valence-corrected chi connectivity index (χ4v) is 8.22. The van der Waals surface area contributed by atoms with Crippen molar-refractivity contribution in [1.29, 1.82) is 0 Å². The van der Waals surface area contributed by atoms with Crippen LogP contribution in [0.3, 0.4) is 0 Å². The van der Waals surface area contributed by atoms with Gasteiger partial charge in [0.2, 0.25) is 5.95 Å². The van der Waals surface area contributed by atoms with E-state index in [1.165, 1.54) is 5.39 Å². The predicted molar refractivity (Wildman–Crippen MR) is 201 cm³/mol. The SMILES string of the molecule is c1ccc2c(c1)Oc1cccc3nc(-n4c5ccccc5c5ccc6c7ccccc7n(-c7ccc8c(c7)oc7ccccc78)c6c54)nc-2c13. The van der Waals surface area contributed by atoms with E-state index < -0.39 is 0 Å². The van der Waals surface area contributed by atoms with Crippen molar-refractivity contribution in [3.8, 4) is 34.4 Å². The van der Waals surface area contributed by atoms with Crippen LogP contribution < -0.4 is 4.74 Å². The minimum Gasteiger partial charge on any atom is -0.456 e. The summed E-state index contributed by atoms with van der Waals surface area (Å²) in [4.78, 5) is 10.7. The first-order valence-electron chi connectivity index (χ1n) is 16.8. The van der Waals surface area contributed by atoms with Gasteiger partial charge in [-0.05, 0) is 54.6 Å². The molecule has 0 saturated heterocycles. The molecule has 12 rings (SSSR count). The average Bonchev–Trinajstić information content (AvgIpc) is 3.82. The first-order chi connectivity index (χ1) is 24.8. The molecule has 11 aromatic rings. The number of para-hydroxylation sites is 4. The molecule has 0 spiro atoms. The highest BCUT2D eigenvalue weighted by atomic mass is 16.5. The molecule has 50 heavy (non-hydrogen) atoms. The quantitative estimate of drug-likeness (QED) is 0.189. The first-order valence-corrected chi connectivity index (χ1v) is 16.8. The van der Waals surface area contributed by atoms with E-state index in [1.54, 1.807) is 0 Å².